The van der Waals surface area contributed by atoms with E-state index in [0.29, 0.717) is 3.43 Å². The Morgan fingerprint density at radius 1 is 1.05 bits per heavy atom. The Labute approximate surface area is 138 Å². The summed E-state index contributed by atoms with van der Waals surface area (Å²) in [6, 6.07) is 2.41. The van der Waals surface area contributed by atoms with Crippen LogP contribution < -0.4 is 0 Å². The zero-order chi connectivity index (χ0) is 16.5. The van der Waals surface area contributed by atoms with Crippen molar-refractivity contribution in [1.29, 1.82) is 0 Å². The van der Waals surface area contributed by atoms with E-state index < -0.39 is 32.2 Å². The molecule has 0 aromatic heterocycles. The molecule has 0 amide bonds. The average Bonchev–Trinajstić information content (AvgIpc) is 2.74. The molecule has 0 bridgehead atoms. The summed E-state index contributed by atoms with van der Waals surface area (Å²) < 4.78 is 0.424. The van der Waals surface area contributed by atoms with Gasteiger partial charge < -0.3 is 0 Å². The molecule has 0 heterocycles. The monoisotopic (exact) mass is 501 g/mol. The first-order chi connectivity index (χ1) is 9.46. The predicted octanol–water partition coefficient (Wildman–Crippen LogP) is 6.81. The van der Waals surface area contributed by atoms with Gasteiger partial charge in [-0.2, -0.15) is 0 Å². The molecule has 3 heteroatoms. The van der Waals surface area contributed by atoms with Gasteiger partial charge in [-0.3, -0.25) is 0 Å². The van der Waals surface area contributed by atoms with Gasteiger partial charge in [-0.15, -0.1) is 0 Å². The molecule has 0 aliphatic heterocycles. The quantitative estimate of drug-likeness (QED) is 0.266. The van der Waals surface area contributed by atoms with E-state index >= 15 is 0 Å². The van der Waals surface area contributed by atoms with Gasteiger partial charge in [-0.05, 0) is 0 Å². The first-order valence-corrected chi connectivity index (χ1v) is 21.8. The van der Waals surface area contributed by atoms with Crippen LogP contribution in [0.1, 0.15) is 0 Å². The minimum atomic E-state index is -1.88. The Hall–Kier alpha value is 0.0821. The van der Waals surface area contributed by atoms with Crippen molar-refractivity contribution in [3.63, 3.8) is 0 Å². The summed E-state index contributed by atoms with van der Waals surface area (Å²) in [6.45, 7) is 18.3. The molecule has 1 rings (SSSR count). The fourth-order valence-electron chi connectivity index (χ4n) is 3.79. The Bertz CT molecular complexity index is 478. The Balaban J connectivity index is 3.53. The van der Waals surface area contributed by atoms with Crippen molar-refractivity contribution in [2.24, 2.45) is 0 Å². The Morgan fingerprint density at radius 2 is 1.57 bits per heavy atom. The van der Waals surface area contributed by atoms with E-state index in [4.69, 9.17) is 0 Å². The molecule has 21 heavy (non-hydrogen) atoms. The second-order valence-corrected chi connectivity index (χ2v) is 30.5. The predicted molar refractivity (Wildman–Crippen MR) is 102 cm³/mol. The zero-order valence-corrected chi connectivity index (χ0v) is 19.3. The molecule has 0 nitrogen and oxygen atoms in total. The maximum absolute atomic E-state index is 4.06. The van der Waals surface area contributed by atoms with E-state index in [2.05, 4.69) is 85.7 Å². The van der Waals surface area contributed by atoms with Crippen LogP contribution in [0.15, 0.2) is 48.7 Å². The molecule has 0 saturated heterocycles. The molecular weight excluding hydrogens is 467 g/mol. The fraction of sp³-hybridized carbons (Fsp3) is 0.556. The molecular formula is C18H34PtSi2. The maximum atomic E-state index is 4.06. The number of allylic oxidation sites excluding steroid dienone is 6. The van der Waals surface area contributed by atoms with Crippen molar-refractivity contribution in [2.45, 2.75) is 57.6 Å². The van der Waals surface area contributed by atoms with Gasteiger partial charge in [0.1, 0.15) is 0 Å². The Morgan fingerprint density at radius 3 is 2.00 bits per heavy atom. The van der Waals surface area contributed by atoms with Gasteiger partial charge in [0, 0.05) is 0 Å². The molecule has 0 saturated carbocycles. The molecule has 0 spiro atoms. The summed E-state index contributed by atoms with van der Waals surface area (Å²) >= 11 is -1.88. The van der Waals surface area contributed by atoms with Gasteiger partial charge in [0.25, 0.3) is 0 Å². The normalized spacial score (nSPS) is 23.9. The van der Waals surface area contributed by atoms with Crippen LogP contribution in [0.5, 0.6) is 0 Å². The van der Waals surface area contributed by atoms with E-state index in [0.717, 1.165) is 0 Å². The van der Waals surface area contributed by atoms with Crippen LogP contribution in [-0.4, -0.2) is 16.1 Å². The number of hydrogen-bond acceptors (Lipinski definition) is 0. The fourth-order valence-corrected chi connectivity index (χ4v) is 34.2. The number of hydrogen-bond donors (Lipinski definition) is 0. The molecule has 1 aliphatic rings. The standard InChI is InChI=1S/C15H25Si2.3CH3.Pt/c1-7-12-16(3,4)14-10-9-11-15(14)17(5,6)13-8-2;;;;/h7-11H,1-2,12-13H2,3-6H3;3*1H3;. The zero-order valence-electron chi connectivity index (χ0n) is 15.0. The molecule has 1 unspecified atom stereocenters. The van der Waals surface area contributed by atoms with E-state index in [9.17, 15) is 0 Å². The van der Waals surface area contributed by atoms with Crippen LogP contribution in [0, 0.1) is 0 Å². The van der Waals surface area contributed by atoms with E-state index in [1.54, 1.807) is 0 Å². The molecule has 0 fully saturated rings. The van der Waals surface area contributed by atoms with Crippen molar-refractivity contribution in [1.82, 2.24) is 0 Å². The molecule has 1 aliphatic carbocycles. The van der Waals surface area contributed by atoms with Crippen molar-refractivity contribution < 1.29 is 16.1 Å². The second-order valence-electron chi connectivity index (χ2n) is 7.78. The van der Waals surface area contributed by atoms with E-state index in [-0.39, 0.29) is 0 Å². The van der Waals surface area contributed by atoms with E-state index in [1.165, 1.54) is 12.1 Å². The van der Waals surface area contributed by atoms with Crippen LogP contribution in [0.25, 0.3) is 0 Å². The SMILES string of the molecule is C=CC[Si](C)(C)C1=CC=C[C]1([Si](C)(C)CC=C)[Pt]([CH3])([CH3])[CH3]. The third-order valence-corrected chi connectivity index (χ3v) is 27.3. The molecule has 0 N–H and O–H groups in total. The summed E-state index contributed by atoms with van der Waals surface area (Å²) in [5.41, 5.74) is 0. The van der Waals surface area contributed by atoms with Gasteiger partial charge in [0.05, 0.1) is 0 Å². The van der Waals surface area contributed by atoms with Gasteiger partial charge in [-0.25, -0.2) is 0 Å². The second kappa shape index (κ2) is 6.30. The van der Waals surface area contributed by atoms with E-state index in [1.807, 2.05) is 5.20 Å². The van der Waals surface area contributed by atoms with Gasteiger partial charge in [0.2, 0.25) is 0 Å². The summed E-state index contributed by atoms with van der Waals surface area (Å²) in [4.78, 5) is 0. The topological polar surface area (TPSA) is 0 Å². The van der Waals surface area contributed by atoms with Crippen molar-refractivity contribution >= 4 is 16.1 Å². The molecule has 0 radical (unpaired) electrons. The average molecular weight is 502 g/mol. The first kappa shape index (κ1) is 19.1. The summed E-state index contributed by atoms with van der Waals surface area (Å²) in [5.74, 6) is 0. The van der Waals surface area contributed by atoms with Crippen molar-refractivity contribution in [3.05, 3.63) is 48.7 Å². The van der Waals surface area contributed by atoms with Gasteiger partial charge in [0.15, 0.2) is 0 Å². The number of rotatable bonds is 7. The Kier molecular flexibility index (Phi) is 5.73. The summed E-state index contributed by atoms with van der Waals surface area (Å²) in [6.07, 6.45) is 11.8. The van der Waals surface area contributed by atoms with Crippen LogP contribution in [0.4, 0.5) is 0 Å². The van der Waals surface area contributed by atoms with Gasteiger partial charge >= 0.3 is 139 Å². The molecule has 124 valence electrons. The summed E-state index contributed by atoms with van der Waals surface area (Å²) in [5, 5.41) is 9.63. The molecule has 1 atom stereocenters. The van der Waals surface area contributed by atoms with Gasteiger partial charge in [-0.1, -0.05) is 0 Å². The van der Waals surface area contributed by atoms with Crippen LogP contribution in [0.3, 0.4) is 0 Å². The summed E-state index contributed by atoms with van der Waals surface area (Å²) in [7, 11) is -2.88. The third kappa shape index (κ3) is 3.23. The van der Waals surface area contributed by atoms with Crippen molar-refractivity contribution in [3.8, 4) is 0 Å². The van der Waals surface area contributed by atoms with Crippen LogP contribution in [0.2, 0.25) is 57.6 Å². The minimum absolute atomic E-state index is 0.424. The third-order valence-electron chi connectivity index (χ3n) is 4.68. The molecule has 0 aromatic carbocycles. The van der Waals surface area contributed by atoms with Crippen molar-refractivity contribution in [2.75, 3.05) is 0 Å². The molecule has 0 aromatic rings. The van der Waals surface area contributed by atoms with Crippen LogP contribution >= 0.6 is 0 Å². The van der Waals surface area contributed by atoms with Crippen LogP contribution in [-0.2, 0) is 16.1 Å². The first-order valence-electron chi connectivity index (χ1n) is 7.44.